The summed E-state index contributed by atoms with van der Waals surface area (Å²) >= 11 is 0. The van der Waals surface area contributed by atoms with E-state index in [1.807, 2.05) is 43.3 Å². The Hall–Kier alpha value is -2.62. The van der Waals surface area contributed by atoms with Crippen molar-refractivity contribution in [2.75, 3.05) is 0 Å². The van der Waals surface area contributed by atoms with Crippen molar-refractivity contribution >= 4 is 18.2 Å². The first kappa shape index (κ1) is 13.8. The monoisotopic (exact) mass is 268 g/mol. The van der Waals surface area contributed by atoms with E-state index in [1.165, 1.54) is 0 Å². The molecular formula is C16H16N2O2. The molecule has 0 atom stereocenters. The standard InChI is InChI=1S/C16H16N2O2/c1-2-7-13-15(19)18-14(16(20)17-13)11-6-10-12-8-4-3-5-9-12/h3-11H,2H2,1H3,(H,17,20)(H,18,19)/b10-6+,13-7+,14-11-. The van der Waals surface area contributed by atoms with Gasteiger partial charge in [0, 0.05) is 0 Å². The van der Waals surface area contributed by atoms with Gasteiger partial charge in [-0.2, -0.15) is 0 Å². The Labute approximate surface area is 115 Å². The van der Waals surface area contributed by atoms with E-state index >= 15 is 0 Å². The summed E-state index contributed by atoms with van der Waals surface area (Å²) in [4.78, 5) is 28.7. The molecule has 0 aliphatic carbocycles. The zero-order valence-corrected chi connectivity index (χ0v) is 11.2. The zero-order valence-electron chi connectivity index (χ0n) is 11.2. The highest BCUT2D eigenvalue weighted by atomic mass is 16.1. The highest BCUT2D eigenvalue weighted by molar-refractivity contribution is 5.56. The average molecular weight is 268 g/mol. The first-order chi connectivity index (χ1) is 9.70. The second-order valence-electron chi connectivity index (χ2n) is 4.28. The summed E-state index contributed by atoms with van der Waals surface area (Å²) in [7, 11) is 0. The van der Waals surface area contributed by atoms with Gasteiger partial charge in [-0.15, -0.1) is 0 Å². The van der Waals surface area contributed by atoms with Crippen LogP contribution < -0.4 is 21.8 Å². The van der Waals surface area contributed by atoms with Gasteiger partial charge in [0.2, 0.25) is 0 Å². The molecule has 2 rings (SSSR count). The van der Waals surface area contributed by atoms with Gasteiger partial charge in [-0.05, 0) is 18.1 Å². The summed E-state index contributed by atoms with van der Waals surface area (Å²) in [6, 6.07) is 9.72. The normalized spacial score (nSPS) is 13.2. The van der Waals surface area contributed by atoms with Crippen molar-refractivity contribution in [1.29, 1.82) is 0 Å². The van der Waals surface area contributed by atoms with E-state index in [0.29, 0.717) is 11.8 Å². The van der Waals surface area contributed by atoms with Gasteiger partial charge in [0.15, 0.2) is 0 Å². The van der Waals surface area contributed by atoms with Gasteiger partial charge < -0.3 is 9.97 Å². The van der Waals surface area contributed by atoms with E-state index in [-0.39, 0.29) is 16.5 Å². The second-order valence-corrected chi connectivity index (χ2v) is 4.28. The molecule has 0 spiro atoms. The molecule has 1 aromatic carbocycles. The molecule has 2 N–H and O–H groups in total. The lowest BCUT2D eigenvalue weighted by Gasteiger charge is -1.90. The van der Waals surface area contributed by atoms with Gasteiger partial charge in [0.05, 0.1) is 0 Å². The molecule has 0 fully saturated rings. The highest BCUT2D eigenvalue weighted by Crippen LogP contribution is 2.00. The second kappa shape index (κ2) is 6.52. The van der Waals surface area contributed by atoms with Gasteiger partial charge in [0.1, 0.15) is 10.7 Å². The molecule has 102 valence electrons. The first-order valence-electron chi connectivity index (χ1n) is 6.47. The zero-order chi connectivity index (χ0) is 14.4. The van der Waals surface area contributed by atoms with Crippen LogP contribution in [0.4, 0.5) is 0 Å². The number of benzene rings is 1. The Kier molecular flexibility index (Phi) is 4.50. The largest absolute Gasteiger partial charge is 0.316 e. The van der Waals surface area contributed by atoms with E-state index in [0.717, 1.165) is 5.56 Å². The van der Waals surface area contributed by atoms with Crippen LogP contribution in [0, 0.1) is 0 Å². The number of aromatic nitrogens is 2. The quantitative estimate of drug-likeness (QED) is 0.862. The average Bonchev–Trinajstić information content (AvgIpc) is 2.45. The number of nitrogens with one attached hydrogen (secondary N) is 2. The maximum absolute atomic E-state index is 11.8. The van der Waals surface area contributed by atoms with E-state index in [1.54, 1.807) is 18.2 Å². The lowest BCUT2D eigenvalue weighted by atomic mass is 10.2. The van der Waals surface area contributed by atoms with Gasteiger partial charge in [-0.25, -0.2) is 0 Å². The minimum atomic E-state index is -0.304. The molecule has 0 saturated heterocycles. The van der Waals surface area contributed by atoms with Crippen LogP contribution >= 0.6 is 0 Å². The van der Waals surface area contributed by atoms with Gasteiger partial charge in [-0.3, -0.25) is 9.59 Å². The number of allylic oxidation sites excluding steroid dienone is 1. The van der Waals surface area contributed by atoms with Gasteiger partial charge in [0.25, 0.3) is 11.1 Å². The summed E-state index contributed by atoms with van der Waals surface area (Å²) in [6.07, 6.45) is 7.56. The summed E-state index contributed by atoms with van der Waals surface area (Å²) in [5, 5.41) is 0.553. The van der Waals surface area contributed by atoms with E-state index in [2.05, 4.69) is 9.97 Å². The van der Waals surface area contributed by atoms with Crippen LogP contribution in [0.2, 0.25) is 0 Å². The molecule has 4 nitrogen and oxygen atoms in total. The molecule has 0 saturated carbocycles. The van der Waals surface area contributed by atoms with E-state index in [4.69, 9.17) is 0 Å². The fraction of sp³-hybridized carbons (Fsp3) is 0.125. The molecule has 0 radical (unpaired) electrons. The number of rotatable bonds is 3. The molecule has 0 amide bonds. The SMILES string of the molecule is CC/C=c1/[nH]c(=O)/c(=C/C=C/c2ccccc2)[nH]c1=O. The van der Waals surface area contributed by atoms with Crippen molar-refractivity contribution < 1.29 is 0 Å². The topological polar surface area (TPSA) is 65.7 Å². The van der Waals surface area contributed by atoms with Crippen LogP contribution in [-0.2, 0) is 0 Å². The Morgan fingerprint density at radius 2 is 1.65 bits per heavy atom. The first-order valence-corrected chi connectivity index (χ1v) is 6.47. The molecule has 1 aromatic heterocycles. The number of hydrogen-bond donors (Lipinski definition) is 2. The van der Waals surface area contributed by atoms with Gasteiger partial charge >= 0.3 is 0 Å². The van der Waals surface area contributed by atoms with Crippen LogP contribution in [-0.4, -0.2) is 9.97 Å². The Bertz CT molecular complexity index is 827. The summed E-state index contributed by atoms with van der Waals surface area (Å²) in [5.74, 6) is 0. The smallest absolute Gasteiger partial charge is 0.272 e. The summed E-state index contributed by atoms with van der Waals surface area (Å²) < 4.78 is 0. The fourth-order valence-corrected chi connectivity index (χ4v) is 1.78. The third-order valence-electron chi connectivity index (χ3n) is 2.75. The maximum atomic E-state index is 11.8. The van der Waals surface area contributed by atoms with Crippen molar-refractivity contribution in [3.8, 4) is 0 Å². The van der Waals surface area contributed by atoms with Crippen LogP contribution in [0.5, 0.6) is 0 Å². The predicted octanol–water partition coefficient (Wildman–Crippen LogP) is 0.748. The van der Waals surface area contributed by atoms with Crippen LogP contribution in [0.1, 0.15) is 18.9 Å². The fourth-order valence-electron chi connectivity index (χ4n) is 1.78. The van der Waals surface area contributed by atoms with Crippen LogP contribution in [0.15, 0.2) is 46.0 Å². The number of hydrogen-bond acceptors (Lipinski definition) is 2. The lowest BCUT2D eigenvalue weighted by molar-refractivity contribution is 0.996. The van der Waals surface area contributed by atoms with Crippen molar-refractivity contribution in [1.82, 2.24) is 9.97 Å². The minimum Gasteiger partial charge on any atom is -0.316 e. The number of H-pyrrole nitrogens is 2. The molecule has 2 aromatic rings. The molecule has 0 bridgehead atoms. The van der Waals surface area contributed by atoms with Crippen molar-refractivity contribution in [2.45, 2.75) is 13.3 Å². The highest BCUT2D eigenvalue weighted by Gasteiger charge is 1.92. The van der Waals surface area contributed by atoms with Gasteiger partial charge in [-0.1, -0.05) is 55.5 Å². The Morgan fingerprint density at radius 1 is 1.00 bits per heavy atom. The molecular weight excluding hydrogens is 252 g/mol. The van der Waals surface area contributed by atoms with Crippen molar-refractivity contribution in [3.63, 3.8) is 0 Å². The third-order valence-corrected chi connectivity index (χ3v) is 2.75. The van der Waals surface area contributed by atoms with Crippen molar-refractivity contribution in [2.24, 2.45) is 0 Å². The van der Waals surface area contributed by atoms with E-state index in [9.17, 15) is 9.59 Å². The Balaban J connectivity index is 2.39. The minimum absolute atomic E-state index is 0.246. The third kappa shape index (κ3) is 3.45. The van der Waals surface area contributed by atoms with Crippen LogP contribution in [0.3, 0.4) is 0 Å². The summed E-state index contributed by atoms with van der Waals surface area (Å²) in [6.45, 7) is 1.90. The molecule has 4 heteroatoms. The lowest BCUT2D eigenvalue weighted by Crippen LogP contribution is -2.46. The summed E-state index contributed by atoms with van der Waals surface area (Å²) in [5.41, 5.74) is 0.436. The molecule has 0 aliphatic heterocycles. The molecule has 20 heavy (non-hydrogen) atoms. The Morgan fingerprint density at radius 3 is 2.35 bits per heavy atom. The predicted molar refractivity (Wildman–Crippen MR) is 81.6 cm³/mol. The molecule has 0 aliphatic rings. The van der Waals surface area contributed by atoms with Crippen LogP contribution in [0.25, 0.3) is 18.2 Å². The number of aromatic amines is 2. The molecule has 0 unspecified atom stereocenters. The maximum Gasteiger partial charge on any atom is 0.272 e. The van der Waals surface area contributed by atoms with Crippen molar-refractivity contribution in [3.05, 3.63) is 73.4 Å². The molecule has 1 heterocycles. The van der Waals surface area contributed by atoms with E-state index < -0.39 is 0 Å².